The molecule has 0 radical (unpaired) electrons. The van der Waals surface area contributed by atoms with Crippen LogP contribution in [0.4, 0.5) is 4.39 Å². The van der Waals surface area contributed by atoms with Crippen molar-refractivity contribution in [1.82, 2.24) is 0 Å². The number of allylic oxidation sites excluding steroid dienone is 1. The summed E-state index contributed by atoms with van der Waals surface area (Å²) in [4.78, 5) is 25.1. The first-order valence-corrected chi connectivity index (χ1v) is 9.88. The predicted molar refractivity (Wildman–Crippen MR) is 113 cm³/mol. The number of halogens is 3. The van der Waals surface area contributed by atoms with E-state index in [0.29, 0.717) is 32.5 Å². The van der Waals surface area contributed by atoms with Crippen molar-refractivity contribution in [2.45, 2.75) is 6.61 Å². The zero-order chi connectivity index (χ0) is 20.5. The van der Waals surface area contributed by atoms with Gasteiger partial charge < -0.3 is 4.74 Å². The molecule has 3 aromatic rings. The Hall–Kier alpha value is -2.76. The molecule has 0 aliphatic heterocycles. The summed E-state index contributed by atoms with van der Waals surface area (Å²) in [6, 6.07) is 16.3. The quantitative estimate of drug-likeness (QED) is 0.332. The maximum atomic E-state index is 13.8. The van der Waals surface area contributed by atoms with E-state index < -0.39 is 0 Å². The van der Waals surface area contributed by atoms with Gasteiger partial charge in [0.25, 0.3) is 0 Å². The first-order chi connectivity index (χ1) is 14.0. The molecule has 1 aliphatic rings. The molecule has 4 rings (SSSR count). The van der Waals surface area contributed by atoms with Crippen LogP contribution in [0.3, 0.4) is 0 Å². The largest absolute Gasteiger partial charge is 0.486 e. The van der Waals surface area contributed by atoms with Crippen LogP contribution in [0.2, 0.25) is 5.02 Å². The summed E-state index contributed by atoms with van der Waals surface area (Å²) in [6.45, 7) is 0.0116. The minimum absolute atomic E-state index is 0.0116. The van der Waals surface area contributed by atoms with Crippen molar-refractivity contribution in [3.8, 4) is 5.75 Å². The van der Waals surface area contributed by atoms with E-state index >= 15 is 0 Å². The third kappa shape index (κ3) is 3.76. The average Bonchev–Trinajstić information content (AvgIpc) is 2.94. The fourth-order valence-electron chi connectivity index (χ4n) is 3.14. The maximum Gasteiger partial charge on any atom is 0.197 e. The average molecular weight is 472 g/mol. The van der Waals surface area contributed by atoms with Gasteiger partial charge in [0.2, 0.25) is 0 Å². The van der Waals surface area contributed by atoms with Gasteiger partial charge >= 0.3 is 0 Å². The van der Waals surface area contributed by atoms with Gasteiger partial charge in [-0.1, -0.05) is 54.1 Å². The van der Waals surface area contributed by atoms with Gasteiger partial charge in [-0.05, 0) is 45.8 Å². The smallest absolute Gasteiger partial charge is 0.197 e. The molecule has 0 heterocycles. The SMILES string of the molecule is O=C1C(=Cc2cc(Cl)c(OCc3ccccc3F)c(Br)c2)C(=O)c2ccccc21. The number of hydrogen-bond acceptors (Lipinski definition) is 3. The Morgan fingerprint density at radius 3 is 2.21 bits per heavy atom. The fourth-order valence-corrected chi connectivity index (χ4v) is 4.13. The van der Waals surface area contributed by atoms with Crippen LogP contribution in [0.15, 0.2) is 70.7 Å². The minimum Gasteiger partial charge on any atom is -0.486 e. The highest BCUT2D eigenvalue weighted by Crippen LogP contribution is 2.37. The van der Waals surface area contributed by atoms with E-state index in [-0.39, 0.29) is 34.6 Å². The van der Waals surface area contributed by atoms with Crippen LogP contribution in [-0.2, 0) is 6.61 Å². The van der Waals surface area contributed by atoms with E-state index in [1.807, 2.05) is 0 Å². The van der Waals surface area contributed by atoms with Gasteiger partial charge in [-0.15, -0.1) is 0 Å². The molecule has 0 saturated heterocycles. The molecule has 29 heavy (non-hydrogen) atoms. The fraction of sp³-hybridized carbons (Fsp3) is 0.0435. The molecule has 0 fully saturated rings. The molecule has 0 amide bonds. The molecule has 0 saturated carbocycles. The van der Waals surface area contributed by atoms with Gasteiger partial charge in [0, 0.05) is 16.7 Å². The van der Waals surface area contributed by atoms with Gasteiger partial charge in [-0.25, -0.2) is 4.39 Å². The second kappa shape index (κ2) is 7.93. The van der Waals surface area contributed by atoms with Crippen LogP contribution < -0.4 is 4.74 Å². The van der Waals surface area contributed by atoms with E-state index in [9.17, 15) is 14.0 Å². The van der Waals surface area contributed by atoms with E-state index in [1.165, 1.54) is 12.1 Å². The molecule has 0 atom stereocenters. The standard InChI is InChI=1S/C23H13BrClFO3/c24-18-10-13(9-17-21(27)15-6-2-3-7-16(15)22(17)28)11-19(25)23(18)29-12-14-5-1-4-8-20(14)26/h1-11H,12H2. The summed E-state index contributed by atoms with van der Waals surface area (Å²) in [7, 11) is 0. The molecule has 3 aromatic carbocycles. The summed E-state index contributed by atoms with van der Waals surface area (Å²) in [6.07, 6.45) is 1.52. The summed E-state index contributed by atoms with van der Waals surface area (Å²) < 4.78 is 20.0. The number of fused-ring (bicyclic) bond motifs is 1. The second-order valence-electron chi connectivity index (χ2n) is 6.46. The molecule has 0 unspecified atom stereocenters. The third-order valence-electron chi connectivity index (χ3n) is 4.57. The van der Waals surface area contributed by atoms with Crippen molar-refractivity contribution >= 4 is 45.2 Å². The van der Waals surface area contributed by atoms with Crippen molar-refractivity contribution in [3.05, 3.63) is 104 Å². The number of carbonyl (C=O) groups excluding carboxylic acids is 2. The van der Waals surface area contributed by atoms with Crippen molar-refractivity contribution in [2.75, 3.05) is 0 Å². The number of ether oxygens (including phenoxy) is 1. The molecule has 0 N–H and O–H groups in total. The lowest BCUT2D eigenvalue weighted by Crippen LogP contribution is -2.01. The first-order valence-electron chi connectivity index (χ1n) is 8.71. The number of ketones is 2. The highest BCUT2D eigenvalue weighted by molar-refractivity contribution is 9.10. The van der Waals surface area contributed by atoms with Crippen molar-refractivity contribution in [2.24, 2.45) is 0 Å². The molecule has 0 aromatic heterocycles. The Morgan fingerprint density at radius 1 is 0.966 bits per heavy atom. The lowest BCUT2D eigenvalue weighted by Gasteiger charge is -2.12. The molecule has 0 bridgehead atoms. The molecule has 0 spiro atoms. The maximum absolute atomic E-state index is 13.8. The van der Waals surface area contributed by atoms with E-state index in [0.717, 1.165) is 0 Å². The summed E-state index contributed by atoms with van der Waals surface area (Å²) in [5, 5.41) is 0.276. The van der Waals surface area contributed by atoms with Crippen LogP contribution in [0.1, 0.15) is 31.8 Å². The molecule has 6 heteroatoms. The molecule has 3 nitrogen and oxygen atoms in total. The van der Waals surface area contributed by atoms with Crippen LogP contribution in [0.25, 0.3) is 6.08 Å². The van der Waals surface area contributed by atoms with Gasteiger partial charge in [-0.3, -0.25) is 9.59 Å². The Bertz CT molecular complexity index is 1130. The lowest BCUT2D eigenvalue weighted by molar-refractivity contribution is 0.0990. The molecule has 1 aliphatic carbocycles. The summed E-state index contributed by atoms with van der Waals surface area (Å²) in [5.41, 5.74) is 1.87. The minimum atomic E-state index is -0.362. The Labute approximate surface area is 179 Å². The summed E-state index contributed by atoms with van der Waals surface area (Å²) >= 11 is 9.74. The molecule has 144 valence electrons. The van der Waals surface area contributed by atoms with Gasteiger partial charge in [0.05, 0.1) is 15.1 Å². The second-order valence-corrected chi connectivity index (χ2v) is 7.72. The van der Waals surface area contributed by atoms with Crippen LogP contribution >= 0.6 is 27.5 Å². The van der Waals surface area contributed by atoms with Crippen molar-refractivity contribution < 1.29 is 18.7 Å². The Morgan fingerprint density at radius 2 is 1.59 bits per heavy atom. The van der Waals surface area contributed by atoms with E-state index in [1.54, 1.807) is 54.6 Å². The van der Waals surface area contributed by atoms with Crippen LogP contribution in [0.5, 0.6) is 5.75 Å². The number of carbonyl (C=O) groups is 2. The van der Waals surface area contributed by atoms with Gasteiger partial charge in [0.15, 0.2) is 17.3 Å². The zero-order valence-corrected chi connectivity index (χ0v) is 17.3. The summed E-state index contributed by atoms with van der Waals surface area (Å²) in [5.74, 6) is -0.626. The highest BCUT2D eigenvalue weighted by atomic mass is 79.9. The number of hydrogen-bond donors (Lipinski definition) is 0. The zero-order valence-electron chi connectivity index (χ0n) is 14.9. The number of Topliss-reactive ketones (excluding diaryl/α,β-unsaturated/α-hetero) is 2. The number of benzene rings is 3. The Kier molecular flexibility index (Phi) is 5.35. The molecular weight excluding hydrogens is 459 g/mol. The van der Waals surface area contributed by atoms with E-state index in [2.05, 4.69) is 15.9 Å². The monoisotopic (exact) mass is 470 g/mol. The van der Waals surface area contributed by atoms with Gasteiger partial charge in [0.1, 0.15) is 12.4 Å². The molecular formula is C23H13BrClFO3. The lowest BCUT2D eigenvalue weighted by atomic mass is 10.1. The third-order valence-corrected chi connectivity index (χ3v) is 5.44. The van der Waals surface area contributed by atoms with Crippen molar-refractivity contribution in [1.29, 1.82) is 0 Å². The topological polar surface area (TPSA) is 43.4 Å². The van der Waals surface area contributed by atoms with Crippen LogP contribution in [-0.4, -0.2) is 11.6 Å². The highest BCUT2D eigenvalue weighted by Gasteiger charge is 2.32. The predicted octanol–water partition coefficient (Wildman–Crippen LogP) is 6.28. The first kappa shape index (κ1) is 19.6. The normalized spacial score (nSPS) is 12.9. The Balaban J connectivity index is 1.61. The van der Waals surface area contributed by atoms with Crippen LogP contribution in [0, 0.1) is 5.82 Å². The number of rotatable bonds is 4. The van der Waals surface area contributed by atoms with E-state index in [4.69, 9.17) is 16.3 Å². The van der Waals surface area contributed by atoms with Crippen molar-refractivity contribution in [3.63, 3.8) is 0 Å². The van der Waals surface area contributed by atoms with Gasteiger partial charge in [-0.2, -0.15) is 0 Å².